The second kappa shape index (κ2) is 5.47. The van der Waals surface area contributed by atoms with Crippen molar-refractivity contribution in [3.05, 3.63) is 40.0 Å². The molecule has 4 heteroatoms. The zero-order chi connectivity index (χ0) is 12.1. The third-order valence-corrected chi connectivity index (χ3v) is 2.61. The number of rotatable bonds is 3. The Morgan fingerprint density at radius 1 is 1.38 bits per heavy atom. The molecule has 0 spiro atoms. The summed E-state index contributed by atoms with van der Waals surface area (Å²) in [6, 6.07) is 9.78. The van der Waals surface area contributed by atoms with Gasteiger partial charge in [-0.1, -0.05) is 17.7 Å². The van der Waals surface area contributed by atoms with E-state index in [1.165, 1.54) is 5.56 Å². The van der Waals surface area contributed by atoms with E-state index in [0.717, 1.165) is 5.69 Å². The maximum absolute atomic E-state index is 8.87. The molecule has 0 aliphatic rings. The van der Waals surface area contributed by atoms with Gasteiger partial charge in [0, 0.05) is 11.4 Å². The molecule has 3 nitrogen and oxygen atoms in total. The number of benzene rings is 1. The number of nitriles is 1. The second-order valence-corrected chi connectivity index (χ2v) is 4.21. The number of hydrogen-bond donors (Lipinski definition) is 2. The van der Waals surface area contributed by atoms with Crippen molar-refractivity contribution in [3.8, 4) is 6.07 Å². The summed E-state index contributed by atoms with van der Waals surface area (Å²) in [6.45, 7) is 3.59. The summed E-state index contributed by atoms with van der Waals surface area (Å²) in [5.41, 5.74) is 2.59. The maximum atomic E-state index is 8.87. The molecule has 0 fully saturated rings. The van der Waals surface area contributed by atoms with Gasteiger partial charge >= 0.3 is 0 Å². The lowest BCUT2D eigenvalue weighted by atomic mass is 10.2. The van der Waals surface area contributed by atoms with Crippen molar-refractivity contribution in [2.75, 3.05) is 5.32 Å². The minimum absolute atomic E-state index is 0.231. The molecule has 82 valence electrons. The number of anilines is 1. The lowest BCUT2D eigenvalue weighted by molar-refractivity contribution is 1.41. The monoisotopic (exact) mass is 277 g/mol. The van der Waals surface area contributed by atoms with Gasteiger partial charge in [0.2, 0.25) is 0 Å². The minimum Gasteiger partial charge on any atom is -0.349 e. The van der Waals surface area contributed by atoms with E-state index < -0.39 is 0 Å². The number of nitrogens with one attached hydrogen (secondary N) is 2. The zero-order valence-corrected chi connectivity index (χ0v) is 10.7. The summed E-state index contributed by atoms with van der Waals surface area (Å²) < 4.78 is 0.520. The van der Waals surface area contributed by atoms with E-state index in [0.29, 0.717) is 10.2 Å². The van der Waals surface area contributed by atoms with Crippen molar-refractivity contribution in [1.29, 1.82) is 10.7 Å². The van der Waals surface area contributed by atoms with Crippen molar-refractivity contribution in [3.63, 3.8) is 0 Å². The summed E-state index contributed by atoms with van der Waals surface area (Å²) in [7, 11) is 0. The normalized spacial score (nSPS) is 11.4. The number of allylic oxidation sites excluding steroid dienone is 1. The smallest absolute Gasteiger partial charge is 0.104 e. The Labute approximate surface area is 103 Å². The largest absolute Gasteiger partial charge is 0.349 e. The molecule has 0 radical (unpaired) electrons. The van der Waals surface area contributed by atoms with Crippen molar-refractivity contribution in [2.24, 2.45) is 0 Å². The molecule has 0 amide bonds. The third-order valence-electron chi connectivity index (χ3n) is 2.01. The van der Waals surface area contributed by atoms with E-state index in [-0.39, 0.29) is 5.71 Å². The number of aryl methyl sites for hydroxylation is 1. The Balaban J connectivity index is 2.93. The van der Waals surface area contributed by atoms with Crippen molar-refractivity contribution >= 4 is 27.3 Å². The molecular formula is C12H12BrN3. The van der Waals surface area contributed by atoms with Crippen LogP contribution in [-0.4, -0.2) is 5.71 Å². The van der Waals surface area contributed by atoms with Crippen LogP contribution in [0.2, 0.25) is 0 Å². The van der Waals surface area contributed by atoms with Crippen LogP contribution in [-0.2, 0) is 0 Å². The average molecular weight is 278 g/mol. The van der Waals surface area contributed by atoms with Gasteiger partial charge in [0.25, 0.3) is 0 Å². The van der Waals surface area contributed by atoms with Gasteiger partial charge in [-0.15, -0.1) is 0 Å². The van der Waals surface area contributed by atoms with Crippen LogP contribution in [0.25, 0.3) is 0 Å². The van der Waals surface area contributed by atoms with Crippen LogP contribution < -0.4 is 5.32 Å². The van der Waals surface area contributed by atoms with Gasteiger partial charge in [0.1, 0.15) is 16.2 Å². The topological polar surface area (TPSA) is 59.7 Å². The standard InChI is InChI=1S/C12H12BrN3/c1-8-3-5-10(6-4-8)16-12(13)11(7-14)9(2)15/h3-6,15-16H,1-2H3/b12-11-,15-9?. The fourth-order valence-electron chi connectivity index (χ4n) is 1.12. The first-order valence-corrected chi connectivity index (χ1v) is 5.53. The lowest BCUT2D eigenvalue weighted by Gasteiger charge is -2.07. The number of hydrogen-bond acceptors (Lipinski definition) is 3. The van der Waals surface area contributed by atoms with E-state index in [1.807, 2.05) is 37.3 Å². The predicted octanol–water partition coefficient (Wildman–Crippen LogP) is 3.58. The highest BCUT2D eigenvalue weighted by atomic mass is 79.9. The van der Waals surface area contributed by atoms with E-state index >= 15 is 0 Å². The van der Waals surface area contributed by atoms with E-state index in [1.54, 1.807) is 6.92 Å². The molecule has 0 aliphatic carbocycles. The van der Waals surface area contributed by atoms with Crippen LogP contribution in [0.1, 0.15) is 12.5 Å². The van der Waals surface area contributed by atoms with Gasteiger partial charge in [-0.05, 0) is 41.9 Å². The van der Waals surface area contributed by atoms with E-state index in [4.69, 9.17) is 10.7 Å². The Morgan fingerprint density at radius 3 is 2.38 bits per heavy atom. The van der Waals surface area contributed by atoms with E-state index in [9.17, 15) is 0 Å². The highest BCUT2D eigenvalue weighted by molar-refractivity contribution is 9.11. The number of nitrogens with zero attached hydrogens (tertiary/aromatic N) is 1. The molecule has 2 N–H and O–H groups in total. The molecular weight excluding hydrogens is 266 g/mol. The van der Waals surface area contributed by atoms with Crippen LogP contribution in [0.5, 0.6) is 0 Å². The van der Waals surface area contributed by atoms with Crippen molar-refractivity contribution in [2.45, 2.75) is 13.8 Å². The Hall–Kier alpha value is -1.60. The minimum atomic E-state index is 0.231. The molecule has 0 aromatic heterocycles. The van der Waals surface area contributed by atoms with Crippen LogP contribution in [0, 0.1) is 23.7 Å². The van der Waals surface area contributed by atoms with Gasteiger partial charge in [-0.3, -0.25) is 0 Å². The molecule has 0 atom stereocenters. The van der Waals surface area contributed by atoms with Gasteiger partial charge in [-0.25, -0.2) is 0 Å². The highest BCUT2D eigenvalue weighted by Gasteiger charge is 2.05. The van der Waals surface area contributed by atoms with Crippen molar-refractivity contribution in [1.82, 2.24) is 0 Å². The summed E-state index contributed by atoms with van der Waals surface area (Å²) in [5.74, 6) is 0. The first-order chi connectivity index (χ1) is 7.54. The molecule has 0 saturated carbocycles. The Morgan fingerprint density at radius 2 is 1.94 bits per heavy atom. The molecule has 0 saturated heterocycles. The van der Waals surface area contributed by atoms with E-state index in [2.05, 4.69) is 21.2 Å². The first kappa shape index (κ1) is 12.5. The molecule has 0 aliphatic heterocycles. The van der Waals surface area contributed by atoms with Crippen LogP contribution in [0.15, 0.2) is 34.4 Å². The molecule has 1 rings (SSSR count). The maximum Gasteiger partial charge on any atom is 0.104 e. The molecule has 0 bridgehead atoms. The average Bonchev–Trinajstić information content (AvgIpc) is 2.22. The van der Waals surface area contributed by atoms with Crippen LogP contribution in [0.4, 0.5) is 5.69 Å². The lowest BCUT2D eigenvalue weighted by Crippen LogP contribution is -2.02. The zero-order valence-electron chi connectivity index (χ0n) is 9.13. The Kier molecular flexibility index (Phi) is 4.27. The fourth-order valence-corrected chi connectivity index (χ4v) is 1.74. The van der Waals surface area contributed by atoms with Gasteiger partial charge in [0.15, 0.2) is 0 Å². The van der Waals surface area contributed by atoms with Gasteiger partial charge in [-0.2, -0.15) is 5.26 Å². The van der Waals surface area contributed by atoms with Gasteiger partial charge in [0.05, 0.1) is 0 Å². The summed E-state index contributed by atoms with van der Waals surface area (Å²) in [6.07, 6.45) is 0. The summed E-state index contributed by atoms with van der Waals surface area (Å²) in [5, 5.41) is 19.3. The van der Waals surface area contributed by atoms with Crippen molar-refractivity contribution < 1.29 is 0 Å². The second-order valence-electron chi connectivity index (χ2n) is 3.42. The Bertz CT molecular complexity index is 466. The third kappa shape index (κ3) is 3.21. The molecule has 0 heterocycles. The van der Waals surface area contributed by atoms with Gasteiger partial charge < -0.3 is 10.7 Å². The number of halogens is 1. The molecule has 1 aromatic carbocycles. The highest BCUT2D eigenvalue weighted by Crippen LogP contribution is 2.18. The SMILES string of the molecule is CC(=N)/C(C#N)=C(/Br)Nc1ccc(C)cc1. The fraction of sp³-hybridized carbons (Fsp3) is 0.167. The van der Waals surface area contributed by atoms with Crippen LogP contribution >= 0.6 is 15.9 Å². The molecule has 0 unspecified atom stereocenters. The molecule has 1 aromatic rings. The molecule has 16 heavy (non-hydrogen) atoms. The quantitative estimate of drug-likeness (QED) is 0.504. The predicted molar refractivity (Wildman–Crippen MR) is 69.8 cm³/mol. The van der Waals surface area contributed by atoms with Crippen LogP contribution in [0.3, 0.4) is 0 Å². The summed E-state index contributed by atoms with van der Waals surface area (Å²) >= 11 is 3.27. The first-order valence-electron chi connectivity index (χ1n) is 4.73. The summed E-state index contributed by atoms with van der Waals surface area (Å²) in [4.78, 5) is 0.